The van der Waals surface area contributed by atoms with Gasteiger partial charge in [0.1, 0.15) is 0 Å². The zero-order chi connectivity index (χ0) is 16.5. The van der Waals surface area contributed by atoms with Gasteiger partial charge in [0.15, 0.2) is 19.7 Å². The van der Waals surface area contributed by atoms with Crippen LogP contribution in [0.3, 0.4) is 0 Å². The number of benzene rings is 1. The van der Waals surface area contributed by atoms with Crippen molar-refractivity contribution in [3.63, 3.8) is 0 Å². The van der Waals surface area contributed by atoms with Gasteiger partial charge in [0, 0.05) is 25.1 Å². The van der Waals surface area contributed by atoms with Crippen molar-refractivity contribution in [3.8, 4) is 0 Å². The van der Waals surface area contributed by atoms with Crippen molar-refractivity contribution in [3.05, 3.63) is 29.8 Å². The lowest BCUT2D eigenvalue weighted by molar-refractivity contribution is 0.176. The normalized spacial score (nSPS) is 22.4. The van der Waals surface area contributed by atoms with E-state index in [2.05, 4.69) is 4.90 Å². The van der Waals surface area contributed by atoms with Crippen molar-refractivity contribution < 1.29 is 16.8 Å². The van der Waals surface area contributed by atoms with Crippen LogP contribution in [0.15, 0.2) is 29.2 Å². The fourth-order valence-electron chi connectivity index (χ4n) is 2.87. The minimum atomic E-state index is -3.19. The van der Waals surface area contributed by atoms with Gasteiger partial charge >= 0.3 is 0 Å². The van der Waals surface area contributed by atoms with Gasteiger partial charge in [0.2, 0.25) is 0 Å². The van der Waals surface area contributed by atoms with Crippen LogP contribution in [-0.2, 0) is 19.7 Å². The van der Waals surface area contributed by atoms with Crippen molar-refractivity contribution in [1.29, 1.82) is 0 Å². The lowest BCUT2D eigenvalue weighted by Gasteiger charge is -2.36. The van der Waals surface area contributed by atoms with E-state index in [1.807, 2.05) is 19.1 Å². The summed E-state index contributed by atoms with van der Waals surface area (Å²) in [4.78, 5) is 2.46. The maximum atomic E-state index is 11.8. The van der Waals surface area contributed by atoms with Crippen molar-refractivity contribution in [2.24, 2.45) is 0 Å². The first-order valence-electron chi connectivity index (χ1n) is 7.32. The first-order valence-corrected chi connectivity index (χ1v) is 11.2. The Bertz CT molecular complexity index is 723. The molecule has 0 aliphatic carbocycles. The molecule has 2 rings (SSSR count). The Morgan fingerprint density at radius 3 is 2.18 bits per heavy atom. The van der Waals surface area contributed by atoms with Crippen LogP contribution in [-0.4, -0.2) is 52.6 Å². The molecule has 7 heteroatoms. The molecule has 5 nitrogen and oxygen atoms in total. The van der Waals surface area contributed by atoms with E-state index >= 15 is 0 Å². The number of nitrogens with zero attached hydrogens (tertiary/aromatic N) is 1. The summed E-state index contributed by atoms with van der Waals surface area (Å²) in [5.74, 6) is 0. The Morgan fingerprint density at radius 2 is 1.68 bits per heavy atom. The molecule has 1 aliphatic heterocycles. The zero-order valence-electron chi connectivity index (χ0n) is 13.2. The van der Waals surface area contributed by atoms with Crippen molar-refractivity contribution in [2.45, 2.75) is 36.0 Å². The molecule has 1 saturated heterocycles. The van der Waals surface area contributed by atoms with Crippen LogP contribution < -0.4 is 0 Å². The van der Waals surface area contributed by atoms with Crippen LogP contribution in [0.2, 0.25) is 0 Å². The monoisotopic (exact) mass is 345 g/mol. The van der Waals surface area contributed by atoms with Crippen LogP contribution in [0.25, 0.3) is 0 Å². The molecule has 1 aromatic carbocycles. The molecule has 2 unspecified atom stereocenters. The highest BCUT2D eigenvalue weighted by Crippen LogP contribution is 2.27. The second kappa shape index (κ2) is 6.29. The van der Waals surface area contributed by atoms with E-state index in [1.54, 1.807) is 12.1 Å². The molecule has 1 aromatic rings. The summed E-state index contributed by atoms with van der Waals surface area (Å²) in [5, 5.41) is -0.306. The molecule has 2 atom stereocenters. The summed E-state index contributed by atoms with van der Waals surface area (Å²) in [5.41, 5.74) is 1.00. The average molecular weight is 345 g/mol. The Morgan fingerprint density at radius 1 is 1.09 bits per heavy atom. The van der Waals surface area contributed by atoms with E-state index in [9.17, 15) is 16.8 Å². The largest absolute Gasteiger partial charge is 0.295 e. The molecule has 0 radical (unpaired) electrons. The van der Waals surface area contributed by atoms with Crippen LogP contribution >= 0.6 is 0 Å². The molecule has 1 heterocycles. The van der Waals surface area contributed by atoms with Crippen molar-refractivity contribution >= 4 is 19.7 Å². The molecule has 0 spiro atoms. The van der Waals surface area contributed by atoms with Gasteiger partial charge in [-0.2, -0.15) is 0 Å². The van der Waals surface area contributed by atoms with Crippen molar-refractivity contribution in [2.75, 3.05) is 25.6 Å². The number of sulfone groups is 2. The molecule has 1 fully saturated rings. The third-order valence-corrected chi connectivity index (χ3v) is 7.08. The molecular weight excluding hydrogens is 322 g/mol. The van der Waals surface area contributed by atoms with E-state index in [1.165, 1.54) is 12.5 Å². The molecule has 0 aromatic heterocycles. The summed E-state index contributed by atoms with van der Waals surface area (Å²) in [6.07, 6.45) is 4.07. The fourth-order valence-corrected chi connectivity index (χ4v) is 4.56. The topological polar surface area (TPSA) is 71.5 Å². The predicted molar refractivity (Wildman–Crippen MR) is 87.4 cm³/mol. The maximum Gasteiger partial charge on any atom is 0.175 e. The zero-order valence-corrected chi connectivity index (χ0v) is 14.8. The van der Waals surface area contributed by atoms with E-state index in [0.717, 1.165) is 24.9 Å². The van der Waals surface area contributed by atoms with Gasteiger partial charge < -0.3 is 0 Å². The van der Waals surface area contributed by atoms with Gasteiger partial charge in [-0.3, -0.25) is 4.90 Å². The molecule has 0 N–H and O–H groups in total. The van der Waals surface area contributed by atoms with Crippen LogP contribution in [0.5, 0.6) is 0 Å². The smallest absolute Gasteiger partial charge is 0.175 e. The number of hydrogen-bond acceptors (Lipinski definition) is 5. The quantitative estimate of drug-likeness (QED) is 0.830. The van der Waals surface area contributed by atoms with Crippen molar-refractivity contribution in [1.82, 2.24) is 4.90 Å². The maximum absolute atomic E-state index is 11.8. The van der Waals surface area contributed by atoms with Crippen LogP contribution in [0.4, 0.5) is 0 Å². The van der Waals surface area contributed by atoms with E-state index in [0.29, 0.717) is 11.4 Å². The standard InChI is InChI=1S/C15H23NO4S2/c1-12(13-6-8-14(9-7-13)21(2,17)18)16-10-4-5-15(11-16)22(3,19)20/h6-9,12,15H,4-5,10-11H2,1-3H3. The van der Waals surface area contributed by atoms with E-state index < -0.39 is 19.7 Å². The van der Waals surface area contributed by atoms with Crippen LogP contribution in [0.1, 0.15) is 31.4 Å². The number of hydrogen-bond donors (Lipinski definition) is 0. The number of rotatable bonds is 4. The molecular formula is C15H23NO4S2. The summed E-state index contributed by atoms with van der Waals surface area (Å²) in [7, 11) is -6.21. The third kappa shape index (κ3) is 4.08. The summed E-state index contributed by atoms with van der Waals surface area (Å²) < 4.78 is 46.5. The second-order valence-electron chi connectivity index (χ2n) is 6.11. The minimum Gasteiger partial charge on any atom is -0.295 e. The average Bonchev–Trinajstić information content (AvgIpc) is 2.45. The third-order valence-electron chi connectivity index (χ3n) is 4.35. The molecule has 0 saturated carbocycles. The van der Waals surface area contributed by atoms with Gasteiger partial charge in [0.05, 0.1) is 10.1 Å². The fraction of sp³-hybridized carbons (Fsp3) is 0.600. The molecule has 0 amide bonds. The Labute approximate surface area is 133 Å². The van der Waals surface area contributed by atoms with Gasteiger partial charge in [0.25, 0.3) is 0 Å². The second-order valence-corrected chi connectivity index (χ2v) is 10.4. The van der Waals surface area contributed by atoms with Gasteiger partial charge in [-0.05, 0) is 44.0 Å². The summed E-state index contributed by atoms with van der Waals surface area (Å²) >= 11 is 0. The van der Waals surface area contributed by atoms with Gasteiger partial charge in [-0.1, -0.05) is 12.1 Å². The summed E-state index contributed by atoms with van der Waals surface area (Å²) in [6, 6.07) is 6.91. The van der Waals surface area contributed by atoms with Gasteiger partial charge in [-0.15, -0.1) is 0 Å². The number of likely N-dealkylation sites (tertiary alicyclic amines) is 1. The highest BCUT2D eigenvalue weighted by Gasteiger charge is 2.30. The first-order chi connectivity index (χ1) is 10.1. The first kappa shape index (κ1) is 17.4. The molecule has 0 bridgehead atoms. The van der Waals surface area contributed by atoms with Crippen LogP contribution in [0, 0.1) is 0 Å². The lowest BCUT2D eigenvalue weighted by atomic mass is 10.0. The van der Waals surface area contributed by atoms with E-state index in [-0.39, 0.29) is 11.3 Å². The minimum absolute atomic E-state index is 0.0677. The SMILES string of the molecule is CC(c1ccc(S(C)(=O)=O)cc1)N1CCCC(S(C)(=O)=O)C1. The molecule has 124 valence electrons. The molecule has 22 heavy (non-hydrogen) atoms. The number of piperidine rings is 1. The summed E-state index contributed by atoms with van der Waals surface area (Å²) in [6.45, 7) is 3.43. The molecule has 1 aliphatic rings. The predicted octanol–water partition coefficient (Wildman–Crippen LogP) is 1.66. The highest BCUT2D eigenvalue weighted by molar-refractivity contribution is 7.91. The lowest BCUT2D eigenvalue weighted by Crippen LogP contribution is -2.43. The Kier molecular flexibility index (Phi) is 4.99. The Balaban J connectivity index is 2.16. The van der Waals surface area contributed by atoms with E-state index in [4.69, 9.17) is 0 Å². The Hall–Kier alpha value is -0.920. The van der Waals surface area contributed by atoms with Gasteiger partial charge in [-0.25, -0.2) is 16.8 Å². The highest BCUT2D eigenvalue weighted by atomic mass is 32.2.